The molecule has 19 heavy (non-hydrogen) atoms. The van der Waals surface area contributed by atoms with Crippen molar-refractivity contribution in [1.82, 2.24) is 4.98 Å². The molecule has 0 saturated carbocycles. The van der Waals surface area contributed by atoms with E-state index in [2.05, 4.69) is 9.72 Å². The number of aromatic nitrogens is 1. The Bertz CT molecular complexity index is 573. The van der Waals surface area contributed by atoms with Crippen molar-refractivity contribution in [2.75, 3.05) is 0 Å². The first-order valence-corrected chi connectivity index (χ1v) is 5.32. The molecule has 1 heterocycles. The molecule has 0 saturated heterocycles. The topological polar surface area (TPSA) is 48.4 Å². The predicted octanol–water partition coefficient (Wildman–Crippen LogP) is 2.83. The molecule has 1 aromatic heterocycles. The SMILES string of the molecule is O=COCc1ccc(Oc2ccc(F)c(F)c2)nc1. The van der Waals surface area contributed by atoms with Crippen LogP contribution in [0.15, 0.2) is 36.5 Å². The van der Waals surface area contributed by atoms with E-state index in [9.17, 15) is 13.6 Å². The third-order valence-corrected chi connectivity index (χ3v) is 2.23. The van der Waals surface area contributed by atoms with Gasteiger partial charge < -0.3 is 9.47 Å². The maximum absolute atomic E-state index is 13.0. The molecular weight excluding hydrogens is 256 g/mol. The first-order chi connectivity index (χ1) is 9.19. The molecule has 98 valence electrons. The average molecular weight is 265 g/mol. The summed E-state index contributed by atoms with van der Waals surface area (Å²) in [6, 6.07) is 6.37. The fourth-order valence-electron chi connectivity index (χ4n) is 1.35. The van der Waals surface area contributed by atoms with Crippen molar-refractivity contribution in [3.8, 4) is 11.6 Å². The van der Waals surface area contributed by atoms with E-state index in [4.69, 9.17) is 4.74 Å². The van der Waals surface area contributed by atoms with E-state index < -0.39 is 11.6 Å². The van der Waals surface area contributed by atoms with Gasteiger partial charge in [0.2, 0.25) is 5.88 Å². The van der Waals surface area contributed by atoms with Crippen molar-refractivity contribution in [2.45, 2.75) is 6.61 Å². The molecule has 6 heteroatoms. The average Bonchev–Trinajstić information content (AvgIpc) is 2.42. The Balaban J connectivity index is 2.06. The van der Waals surface area contributed by atoms with Gasteiger partial charge in [-0.1, -0.05) is 0 Å². The van der Waals surface area contributed by atoms with E-state index in [1.807, 2.05) is 0 Å². The molecule has 4 nitrogen and oxygen atoms in total. The summed E-state index contributed by atoms with van der Waals surface area (Å²) < 4.78 is 35.5. The quantitative estimate of drug-likeness (QED) is 0.780. The third kappa shape index (κ3) is 3.48. The molecule has 0 aliphatic carbocycles. The van der Waals surface area contributed by atoms with Crippen molar-refractivity contribution >= 4 is 6.47 Å². The molecule has 2 rings (SSSR count). The molecule has 1 aromatic carbocycles. The minimum Gasteiger partial charge on any atom is -0.463 e. The second kappa shape index (κ2) is 5.90. The second-order valence-corrected chi connectivity index (χ2v) is 3.59. The monoisotopic (exact) mass is 265 g/mol. The minimum atomic E-state index is -0.992. The van der Waals surface area contributed by atoms with E-state index in [1.54, 1.807) is 6.07 Å². The van der Waals surface area contributed by atoms with Crippen molar-refractivity contribution in [3.63, 3.8) is 0 Å². The van der Waals surface area contributed by atoms with Crippen LogP contribution in [0.4, 0.5) is 8.78 Å². The summed E-state index contributed by atoms with van der Waals surface area (Å²) in [5.41, 5.74) is 0.685. The molecule has 0 unspecified atom stereocenters. The highest BCUT2D eigenvalue weighted by molar-refractivity contribution is 5.37. The first-order valence-electron chi connectivity index (χ1n) is 5.32. The second-order valence-electron chi connectivity index (χ2n) is 3.59. The molecule has 0 radical (unpaired) electrons. The van der Waals surface area contributed by atoms with Crippen LogP contribution in [0.5, 0.6) is 11.6 Å². The van der Waals surface area contributed by atoms with Crippen LogP contribution in [0, 0.1) is 11.6 Å². The fraction of sp³-hybridized carbons (Fsp3) is 0.0769. The number of ether oxygens (including phenoxy) is 2. The maximum atomic E-state index is 13.0. The Hall–Kier alpha value is -2.50. The third-order valence-electron chi connectivity index (χ3n) is 2.23. The van der Waals surface area contributed by atoms with Crippen molar-refractivity contribution in [1.29, 1.82) is 0 Å². The summed E-state index contributed by atoms with van der Waals surface area (Å²) in [6.07, 6.45) is 1.46. The number of hydrogen-bond acceptors (Lipinski definition) is 4. The van der Waals surface area contributed by atoms with Crippen LogP contribution in [-0.2, 0) is 16.1 Å². The molecule has 0 bridgehead atoms. The molecule has 0 aliphatic rings. The Kier molecular flexibility index (Phi) is 4.02. The maximum Gasteiger partial charge on any atom is 0.293 e. The number of hydrogen-bond donors (Lipinski definition) is 0. The minimum absolute atomic E-state index is 0.113. The van der Waals surface area contributed by atoms with Gasteiger partial charge >= 0.3 is 0 Å². The smallest absolute Gasteiger partial charge is 0.293 e. The molecule has 2 aromatic rings. The van der Waals surface area contributed by atoms with Crippen LogP contribution in [0.2, 0.25) is 0 Å². The molecule has 0 spiro atoms. The van der Waals surface area contributed by atoms with E-state index in [0.29, 0.717) is 12.0 Å². The number of carbonyl (C=O) groups is 1. The highest BCUT2D eigenvalue weighted by atomic mass is 19.2. The largest absolute Gasteiger partial charge is 0.463 e. The van der Waals surface area contributed by atoms with Crippen molar-refractivity contribution < 1.29 is 23.0 Å². The van der Waals surface area contributed by atoms with E-state index in [-0.39, 0.29) is 18.2 Å². The lowest BCUT2D eigenvalue weighted by Gasteiger charge is -2.05. The van der Waals surface area contributed by atoms with Gasteiger partial charge in [-0.3, -0.25) is 4.79 Å². The summed E-state index contributed by atoms with van der Waals surface area (Å²) in [7, 11) is 0. The van der Waals surface area contributed by atoms with Gasteiger partial charge in [0.05, 0.1) is 0 Å². The van der Waals surface area contributed by atoms with Crippen LogP contribution in [0.25, 0.3) is 0 Å². The van der Waals surface area contributed by atoms with Crippen molar-refractivity contribution in [3.05, 3.63) is 53.7 Å². The Morgan fingerprint density at radius 2 is 2.00 bits per heavy atom. The molecule has 0 amide bonds. The molecule has 0 N–H and O–H groups in total. The number of rotatable bonds is 5. The first kappa shape index (κ1) is 12.9. The van der Waals surface area contributed by atoms with Crippen LogP contribution in [0.3, 0.4) is 0 Å². The lowest BCUT2D eigenvalue weighted by molar-refractivity contribution is -0.129. The molecule has 0 aliphatic heterocycles. The zero-order chi connectivity index (χ0) is 13.7. The van der Waals surface area contributed by atoms with Gasteiger partial charge in [-0.05, 0) is 18.2 Å². The Labute approximate surface area is 107 Å². The lowest BCUT2D eigenvalue weighted by Crippen LogP contribution is -1.93. The molecule has 0 atom stereocenters. The van der Waals surface area contributed by atoms with Crippen molar-refractivity contribution in [2.24, 2.45) is 0 Å². The summed E-state index contributed by atoms with van der Waals surface area (Å²) in [5, 5.41) is 0. The normalized spacial score (nSPS) is 10.0. The molecule has 0 fully saturated rings. The number of halogens is 2. The van der Waals surface area contributed by atoms with Crippen LogP contribution >= 0.6 is 0 Å². The molecular formula is C13H9F2NO3. The fourth-order valence-corrected chi connectivity index (χ4v) is 1.35. The van der Waals surface area contributed by atoms with Gasteiger partial charge in [-0.2, -0.15) is 0 Å². The Morgan fingerprint density at radius 1 is 1.16 bits per heavy atom. The van der Waals surface area contributed by atoms with Crippen LogP contribution < -0.4 is 4.74 Å². The summed E-state index contributed by atoms with van der Waals surface area (Å²) >= 11 is 0. The highest BCUT2D eigenvalue weighted by Crippen LogP contribution is 2.21. The zero-order valence-electron chi connectivity index (χ0n) is 9.68. The standard InChI is InChI=1S/C13H9F2NO3/c14-11-3-2-10(5-12(11)15)19-13-4-1-9(6-16-13)7-18-8-17/h1-6,8H,7H2. The van der Waals surface area contributed by atoms with E-state index in [0.717, 1.165) is 12.1 Å². The zero-order valence-corrected chi connectivity index (χ0v) is 9.68. The Morgan fingerprint density at radius 3 is 2.63 bits per heavy atom. The van der Waals surface area contributed by atoms with Gasteiger partial charge in [0.1, 0.15) is 12.4 Å². The summed E-state index contributed by atoms with van der Waals surface area (Å²) in [6.45, 7) is 0.452. The van der Waals surface area contributed by atoms with Gasteiger partial charge in [0.15, 0.2) is 11.6 Å². The predicted molar refractivity (Wildman–Crippen MR) is 61.5 cm³/mol. The number of carbonyl (C=O) groups excluding carboxylic acids is 1. The number of nitrogens with zero attached hydrogens (tertiary/aromatic N) is 1. The van der Waals surface area contributed by atoms with E-state index in [1.165, 1.54) is 18.3 Å². The van der Waals surface area contributed by atoms with E-state index >= 15 is 0 Å². The summed E-state index contributed by atoms with van der Waals surface area (Å²) in [4.78, 5) is 14.0. The summed E-state index contributed by atoms with van der Waals surface area (Å²) in [5.74, 6) is -1.57. The lowest BCUT2D eigenvalue weighted by atomic mass is 10.3. The van der Waals surface area contributed by atoms with Crippen LogP contribution in [0.1, 0.15) is 5.56 Å². The number of benzene rings is 1. The van der Waals surface area contributed by atoms with Crippen LogP contribution in [-0.4, -0.2) is 11.5 Å². The van der Waals surface area contributed by atoms with Gasteiger partial charge in [-0.25, -0.2) is 13.8 Å². The van der Waals surface area contributed by atoms with Gasteiger partial charge in [-0.15, -0.1) is 0 Å². The highest BCUT2D eigenvalue weighted by Gasteiger charge is 2.05. The number of pyridine rings is 1. The van der Waals surface area contributed by atoms with Gasteiger partial charge in [0.25, 0.3) is 6.47 Å². The van der Waals surface area contributed by atoms with Gasteiger partial charge in [0, 0.05) is 23.9 Å².